The minimum Gasteiger partial charge on any atom is -0.478 e. The molecule has 1 saturated heterocycles. The molecular weight excluding hydrogens is 568 g/mol. The van der Waals surface area contributed by atoms with Crippen LogP contribution in [0.4, 0.5) is 8.78 Å². The number of rotatable bonds is 8. The summed E-state index contributed by atoms with van der Waals surface area (Å²) in [6.07, 6.45) is 6.10. The number of benzene rings is 2. The number of halogens is 2. The van der Waals surface area contributed by atoms with Gasteiger partial charge in [-0.2, -0.15) is 13.9 Å². The Kier molecular flexibility index (Phi) is 8.58. The molecule has 0 saturated carbocycles. The van der Waals surface area contributed by atoms with Gasteiger partial charge in [0.2, 0.25) is 5.90 Å². The maximum absolute atomic E-state index is 14.2. The summed E-state index contributed by atoms with van der Waals surface area (Å²) < 4.78 is 45.1. The Hall–Kier alpha value is -4.35. The molecule has 4 heterocycles. The van der Waals surface area contributed by atoms with E-state index in [-0.39, 0.29) is 30.1 Å². The van der Waals surface area contributed by atoms with Gasteiger partial charge in [-0.3, -0.25) is 18.9 Å². The predicted molar refractivity (Wildman–Crippen MR) is 166 cm³/mol. The summed E-state index contributed by atoms with van der Waals surface area (Å²) in [6.45, 7) is 7.21. The van der Waals surface area contributed by atoms with Gasteiger partial charge in [-0.05, 0) is 80.4 Å². The van der Waals surface area contributed by atoms with Crippen LogP contribution in [0, 0.1) is 0 Å². The van der Waals surface area contributed by atoms with Crippen molar-refractivity contribution in [1.29, 1.82) is 0 Å². The van der Waals surface area contributed by atoms with Crippen LogP contribution in [-0.2, 0) is 22.6 Å². The minimum atomic E-state index is -2.94. The lowest BCUT2D eigenvalue weighted by Crippen LogP contribution is -2.46. The van der Waals surface area contributed by atoms with Crippen LogP contribution in [0.1, 0.15) is 32.0 Å². The van der Waals surface area contributed by atoms with Crippen LogP contribution in [0.15, 0.2) is 70.6 Å². The average molecular weight is 604 g/mol. The van der Waals surface area contributed by atoms with Crippen LogP contribution in [0.3, 0.4) is 0 Å². The normalized spacial score (nSPS) is 18.7. The summed E-state index contributed by atoms with van der Waals surface area (Å²) in [4.78, 5) is 21.1. The number of ether oxygens (including phenoxy) is 3. The molecule has 0 amide bonds. The lowest BCUT2D eigenvalue weighted by atomic mass is 10.0. The number of fused-ring (bicyclic) bond motifs is 2. The van der Waals surface area contributed by atoms with Crippen LogP contribution in [0.25, 0.3) is 33.8 Å². The van der Waals surface area contributed by atoms with Gasteiger partial charge in [0.15, 0.2) is 0 Å². The lowest BCUT2D eigenvalue weighted by molar-refractivity contribution is -0.0687. The number of alkyl halides is 2. The first-order valence-corrected chi connectivity index (χ1v) is 14.8. The van der Waals surface area contributed by atoms with Crippen molar-refractivity contribution in [3.05, 3.63) is 82.4 Å². The molecule has 2 aromatic carbocycles. The van der Waals surface area contributed by atoms with Crippen molar-refractivity contribution >= 4 is 22.9 Å². The largest absolute Gasteiger partial charge is 0.478 e. The zero-order valence-electron chi connectivity index (χ0n) is 25.0. The van der Waals surface area contributed by atoms with E-state index in [1.54, 1.807) is 22.8 Å². The molecule has 2 atom stereocenters. The highest BCUT2D eigenvalue weighted by Crippen LogP contribution is 2.28. The molecule has 11 heteroatoms. The second kappa shape index (κ2) is 12.7. The Bertz CT molecular complexity index is 1750. The summed E-state index contributed by atoms with van der Waals surface area (Å²) in [7, 11) is 0. The van der Waals surface area contributed by atoms with E-state index in [1.807, 2.05) is 48.1 Å². The van der Waals surface area contributed by atoms with Gasteiger partial charge in [0.05, 0.1) is 43.1 Å². The number of hydrogen-bond donors (Lipinski definition) is 0. The van der Waals surface area contributed by atoms with Gasteiger partial charge in [0, 0.05) is 48.5 Å². The number of pyridine rings is 1. The van der Waals surface area contributed by atoms with Gasteiger partial charge < -0.3 is 14.2 Å². The first-order chi connectivity index (χ1) is 21.3. The molecular formula is C33H35F2N5O4. The van der Waals surface area contributed by atoms with Gasteiger partial charge in [0.1, 0.15) is 5.75 Å². The van der Waals surface area contributed by atoms with Gasteiger partial charge in [-0.25, -0.2) is 4.99 Å². The van der Waals surface area contributed by atoms with Crippen LogP contribution in [0.5, 0.6) is 5.75 Å². The van der Waals surface area contributed by atoms with Crippen molar-refractivity contribution in [2.24, 2.45) is 4.99 Å². The maximum Gasteiger partial charge on any atom is 0.387 e. The zero-order valence-corrected chi connectivity index (χ0v) is 25.0. The molecule has 9 nitrogen and oxygen atoms in total. The summed E-state index contributed by atoms with van der Waals surface area (Å²) in [5.41, 5.74) is 3.80. The fourth-order valence-corrected chi connectivity index (χ4v) is 5.91. The second-order valence-electron chi connectivity index (χ2n) is 11.1. The Morgan fingerprint density at radius 1 is 1.02 bits per heavy atom. The molecule has 0 bridgehead atoms. The second-order valence-corrected chi connectivity index (χ2v) is 11.1. The molecule has 2 aliphatic rings. The molecule has 6 rings (SSSR count). The summed E-state index contributed by atoms with van der Waals surface area (Å²) >= 11 is 0. The maximum atomic E-state index is 14.2. The smallest absolute Gasteiger partial charge is 0.387 e. The predicted octanol–water partition coefficient (Wildman–Crippen LogP) is 5.53. The molecule has 0 aliphatic carbocycles. The Balaban J connectivity index is 1.36. The molecule has 0 spiro atoms. The van der Waals surface area contributed by atoms with Crippen LogP contribution in [-0.4, -0.2) is 70.2 Å². The zero-order chi connectivity index (χ0) is 30.8. The molecule has 230 valence electrons. The quantitative estimate of drug-likeness (QED) is 0.264. The van der Waals surface area contributed by atoms with Crippen molar-refractivity contribution < 1.29 is 23.0 Å². The highest BCUT2D eigenvalue weighted by molar-refractivity contribution is 5.93. The van der Waals surface area contributed by atoms with Gasteiger partial charge in [-0.15, -0.1) is 0 Å². The van der Waals surface area contributed by atoms with E-state index >= 15 is 0 Å². The standard InChI is InChI=1S/C33H35F2N5O4/c1-4-42-31-12-6-24-16-28(32(41)40(30(24)17-36-31)26-7-9-27(10-8-26)44-33(34)35)23-5-11-29-25(15-23)20-39(37-29)14-13-38-18-21(2)43-22(3)19-38/h5-12,15-16,20-22,33H,4,13-14,17-19H2,1-3H3. The van der Waals surface area contributed by atoms with E-state index in [4.69, 9.17) is 14.6 Å². The van der Waals surface area contributed by atoms with E-state index in [1.165, 1.54) is 12.1 Å². The van der Waals surface area contributed by atoms with E-state index in [2.05, 4.69) is 28.5 Å². The van der Waals surface area contributed by atoms with Crippen molar-refractivity contribution in [3.8, 4) is 22.6 Å². The molecule has 4 aromatic rings. The first kappa shape index (κ1) is 29.7. The fourth-order valence-electron chi connectivity index (χ4n) is 5.91. The minimum absolute atomic E-state index is 0.00991. The average Bonchev–Trinajstić information content (AvgIpc) is 3.29. The number of aromatic nitrogens is 3. The lowest BCUT2D eigenvalue weighted by Gasteiger charge is -2.35. The highest BCUT2D eigenvalue weighted by Gasteiger charge is 2.22. The fraction of sp³-hybridized carbons (Fsp3) is 0.364. The van der Waals surface area contributed by atoms with Crippen molar-refractivity contribution in [1.82, 2.24) is 19.2 Å². The third kappa shape index (κ3) is 6.44. The van der Waals surface area contributed by atoms with E-state index in [0.717, 1.165) is 48.2 Å². The molecule has 0 radical (unpaired) electrons. The monoisotopic (exact) mass is 603 g/mol. The van der Waals surface area contributed by atoms with E-state index < -0.39 is 6.61 Å². The molecule has 0 N–H and O–H groups in total. The molecule has 2 unspecified atom stereocenters. The molecule has 2 aliphatic heterocycles. The Morgan fingerprint density at radius 3 is 2.52 bits per heavy atom. The summed E-state index contributed by atoms with van der Waals surface area (Å²) in [5, 5.41) is 5.69. The van der Waals surface area contributed by atoms with Crippen LogP contribution >= 0.6 is 0 Å². The molecule has 1 fully saturated rings. The highest BCUT2D eigenvalue weighted by atomic mass is 19.3. The molecule has 2 aromatic heterocycles. The first-order valence-electron chi connectivity index (χ1n) is 14.8. The van der Waals surface area contributed by atoms with Gasteiger partial charge in [0.25, 0.3) is 5.56 Å². The van der Waals surface area contributed by atoms with E-state index in [0.29, 0.717) is 29.4 Å². The summed E-state index contributed by atoms with van der Waals surface area (Å²) in [5.74, 6) is 0.482. The third-order valence-electron chi connectivity index (χ3n) is 7.74. The Morgan fingerprint density at radius 2 is 1.80 bits per heavy atom. The topological polar surface area (TPSA) is 83.1 Å². The number of nitrogens with zero attached hydrogens (tertiary/aromatic N) is 5. The third-order valence-corrected chi connectivity index (χ3v) is 7.74. The number of hydrogen-bond acceptors (Lipinski definition) is 7. The van der Waals surface area contributed by atoms with E-state index in [9.17, 15) is 13.6 Å². The Labute approximate surface area is 254 Å². The SMILES string of the molecule is CCOC1=NCc2c(cc(-c3ccc4nn(CCN5CC(C)OC(C)C5)cc4c3)c(=O)n2-c2ccc(OC(F)F)cc2)C=C1. The van der Waals surface area contributed by atoms with Crippen molar-refractivity contribution in [3.63, 3.8) is 0 Å². The van der Waals surface area contributed by atoms with Crippen LogP contribution < -0.4 is 10.3 Å². The van der Waals surface area contributed by atoms with Gasteiger partial charge >= 0.3 is 6.61 Å². The van der Waals surface area contributed by atoms with Gasteiger partial charge in [-0.1, -0.05) is 6.07 Å². The van der Waals surface area contributed by atoms with Crippen molar-refractivity contribution in [2.75, 3.05) is 26.2 Å². The number of morpholine rings is 1. The van der Waals surface area contributed by atoms with Crippen molar-refractivity contribution in [2.45, 2.75) is 52.7 Å². The summed E-state index contributed by atoms with van der Waals surface area (Å²) in [6, 6.07) is 13.7. The molecule has 44 heavy (non-hydrogen) atoms. The van der Waals surface area contributed by atoms with Crippen LogP contribution in [0.2, 0.25) is 0 Å². The number of aliphatic imine (C=N–C) groups is 1.